The van der Waals surface area contributed by atoms with Crippen LogP contribution in [0.25, 0.3) is 0 Å². The average Bonchev–Trinajstić information content (AvgIpc) is 2.72. The third-order valence-corrected chi connectivity index (χ3v) is 6.07. The molecule has 1 saturated heterocycles. The van der Waals surface area contributed by atoms with E-state index >= 15 is 0 Å². The first-order valence-electron chi connectivity index (χ1n) is 10.3. The molecule has 4 nitrogen and oxygen atoms in total. The van der Waals surface area contributed by atoms with Crippen molar-refractivity contribution in [1.29, 1.82) is 0 Å². The summed E-state index contributed by atoms with van der Waals surface area (Å²) in [5, 5.41) is 3.10. The van der Waals surface area contributed by atoms with Gasteiger partial charge in [0.25, 0.3) is 0 Å². The lowest BCUT2D eigenvalue weighted by atomic mass is 9.89. The van der Waals surface area contributed by atoms with E-state index in [0.717, 1.165) is 12.6 Å². The van der Waals surface area contributed by atoms with E-state index in [2.05, 4.69) is 10.2 Å². The van der Waals surface area contributed by atoms with E-state index in [1.807, 2.05) is 11.8 Å². The standard InChI is InChI=1S/C21H30F3N3O/c1-16(20(28)25-15-17-6-3-2-4-7-17)26-10-12-27(13-11-26)19-9-5-8-18(14-19)21(22,23)24/h5,8-9,14,16-17H,2-4,6-7,10-13,15H2,1H3,(H,25,28). The van der Waals surface area contributed by atoms with Gasteiger partial charge >= 0.3 is 6.18 Å². The minimum absolute atomic E-state index is 0.0538. The maximum atomic E-state index is 12.9. The van der Waals surface area contributed by atoms with Crippen LogP contribution in [0, 0.1) is 5.92 Å². The first kappa shape index (κ1) is 21.0. The minimum atomic E-state index is -4.33. The Balaban J connectivity index is 1.48. The van der Waals surface area contributed by atoms with E-state index in [-0.39, 0.29) is 11.9 Å². The summed E-state index contributed by atoms with van der Waals surface area (Å²) in [5.74, 6) is 0.653. The molecule has 3 rings (SSSR count). The third kappa shape index (κ3) is 5.40. The van der Waals surface area contributed by atoms with Crippen molar-refractivity contribution in [2.45, 2.75) is 51.2 Å². The molecule has 1 aromatic carbocycles. The third-order valence-electron chi connectivity index (χ3n) is 6.07. The van der Waals surface area contributed by atoms with Gasteiger partial charge in [0.1, 0.15) is 0 Å². The number of anilines is 1. The number of benzene rings is 1. The highest BCUT2D eigenvalue weighted by molar-refractivity contribution is 5.81. The second-order valence-corrected chi connectivity index (χ2v) is 8.00. The highest BCUT2D eigenvalue weighted by atomic mass is 19.4. The van der Waals surface area contributed by atoms with E-state index in [9.17, 15) is 18.0 Å². The van der Waals surface area contributed by atoms with Gasteiger partial charge in [-0.3, -0.25) is 9.69 Å². The largest absolute Gasteiger partial charge is 0.416 e. The van der Waals surface area contributed by atoms with Gasteiger partial charge in [-0.05, 0) is 43.9 Å². The molecule has 1 aromatic rings. The number of rotatable bonds is 5. The molecule has 1 aliphatic carbocycles. The van der Waals surface area contributed by atoms with Crippen LogP contribution in [0.5, 0.6) is 0 Å². The number of alkyl halides is 3. The van der Waals surface area contributed by atoms with Gasteiger partial charge in [0.2, 0.25) is 5.91 Å². The number of nitrogens with one attached hydrogen (secondary N) is 1. The number of carbonyl (C=O) groups excluding carboxylic acids is 1. The van der Waals surface area contributed by atoms with Crippen molar-refractivity contribution in [3.63, 3.8) is 0 Å². The first-order chi connectivity index (χ1) is 13.3. The van der Waals surface area contributed by atoms with E-state index < -0.39 is 11.7 Å². The van der Waals surface area contributed by atoms with Crippen molar-refractivity contribution in [3.05, 3.63) is 29.8 Å². The maximum Gasteiger partial charge on any atom is 0.416 e. The van der Waals surface area contributed by atoms with Crippen molar-refractivity contribution in [2.24, 2.45) is 5.92 Å². The molecule has 156 valence electrons. The number of nitrogens with zero attached hydrogens (tertiary/aromatic N) is 2. The topological polar surface area (TPSA) is 35.6 Å². The second-order valence-electron chi connectivity index (χ2n) is 8.00. The van der Waals surface area contributed by atoms with Gasteiger partial charge in [0.15, 0.2) is 0 Å². The highest BCUT2D eigenvalue weighted by Gasteiger charge is 2.31. The lowest BCUT2D eigenvalue weighted by Gasteiger charge is -2.38. The Labute approximate surface area is 165 Å². The van der Waals surface area contributed by atoms with Crippen LogP contribution < -0.4 is 10.2 Å². The predicted octanol–water partition coefficient (Wildman–Crippen LogP) is 3.91. The van der Waals surface area contributed by atoms with Crippen LogP contribution in [-0.2, 0) is 11.0 Å². The molecule has 0 bridgehead atoms. The van der Waals surface area contributed by atoms with Crippen LogP contribution in [0.15, 0.2) is 24.3 Å². The van der Waals surface area contributed by atoms with Crippen molar-refractivity contribution >= 4 is 11.6 Å². The quantitative estimate of drug-likeness (QED) is 0.818. The molecule has 28 heavy (non-hydrogen) atoms. The minimum Gasteiger partial charge on any atom is -0.369 e. The fraction of sp³-hybridized carbons (Fsp3) is 0.667. The molecule has 2 fully saturated rings. The predicted molar refractivity (Wildman–Crippen MR) is 104 cm³/mol. The van der Waals surface area contributed by atoms with Gasteiger partial charge in [0, 0.05) is 38.4 Å². The number of carbonyl (C=O) groups is 1. The second kappa shape index (κ2) is 9.16. The summed E-state index contributed by atoms with van der Waals surface area (Å²) in [6, 6.07) is 5.25. The van der Waals surface area contributed by atoms with Gasteiger partial charge in [-0.15, -0.1) is 0 Å². The Bertz CT molecular complexity index is 651. The van der Waals surface area contributed by atoms with Crippen LogP contribution in [0.2, 0.25) is 0 Å². The molecule has 1 unspecified atom stereocenters. The van der Waals surface area contributed by atoms with Crippen molar-refractivity contribution < 1.29 is 18.0 Å². The molecule has 0 radical (unpaired) electrons. The number of hydrogen-bond acceptors (Lipinski definition) is 3. The molecular formula is C21H30F3N3O. The van der Waals surface area contributed by atoms with Gasteiger partial charge in [-0.1, -0.05) is 25.3 Å². The van der Waals surface area contributed by atoms with Crippen LogP contribution in [-0.4, -0.2) is 49.6 Å². The monoisotopic (exact) mass is 397 g/mol. The van der Waals surface area contributed by atoms with Gasteiger partial charge in [0.05, 0.1) is 11.6 Å². The fourth-order valence-corrected chi connectivity index (χ4v) is 4.20. The van der Waals surface area contributed by atoms with Gasteiger partial charge in [-0.25, -0.2) is 0 Å². The maximum absolute atomic E-state index is 12.9. The summed E-state index contributed by atoms with van der Waals surface area (Å²) < 4.78 is 38.8. The van der Waals surface area contributed by atoms with E-state index in [1.54, 1.807) is 6.07 Å². The van der Waals surface area contributed by atoms with Crippen LogP contribution in [0.4, 0.5) is 18.9 Å². The SMILES string of the molecule is CC(C(=O)NCC1CCCCC1)N1CCN(c2cccc(C(F)(F)F)c2)CC1. The molecule has 0 aromatic heterocycles. The lowest BCUT2D eigenvalue weighted by molar-refractivity contribution is -0.137. The molecule has 7 heteroatoms. The molecule has 1 atom stereocenters. The van der Waals surface area contributed by atoms with E-state index in [1.165, 1.54) is 44.2 Å². The fourth-order valence-electron chi connectivity index (χ4n) is 4.20. The van der Waals surface area contributed by atoms with E-state index in [0.29, 0.717) is 37.8 Å². The lowest BCUT2D eigenvalue weighted by Crippen LogP contribution is -2.54. The normalized spacial score (nSPS) is 20.8. The van der Waals surface area contributed by atoms with Crippen molar-refractivity contribution in [2.75, 3.05) is 37.6 Å². The first-order valence-corrected chi connectivity index (χ1v) is 10.3. The Morgan fingerprint density at radius 2 is 1.82 bits per heavy atom. The van der Waals surface area contributed by atoms with Gasteiger partial charge in [-0.2, -0.15) is 13.2 Å². The summed E-state index contributed by atoms with van der Waals surface area (Å²) in [6.07, 6.45) is 1.88. The Hall–Kier alpha value is -1.76. The number of piperazine rings is 1. The molecule has 0 spiro atoms. The number of hydrogen-bond donors (Lipinski definition) is 1. The highest BCUT2D eigenvalue weighted by Crippen LogP contribution is 2.32. The average molecular weight is 397 g/mol. The molecule has 1 saturated carbocycles. The molecule has 1 amide bonds. The smallest absolute Gasteiger partial charge is 0.369 e. The molecule has 1 N–H and O–H groups in total. The zero-order chi connectivity index (χ0) is 20.1. The zero-order valence-corrected chi connectivity index (χ0v) is 16.5. The Morgan fingerprint density at radius 1 is 1.14 bits per heavy atom. The van der Waals surface area contributed by atoms with Crippen LogP contribution >= 0.6 is 0 Å². The molecule has 2 aliphatic rings. The Kier molecular flexibility index (Phi) is 6.86. The Morgan fingerprint density at radius 3 is 2.46 bits per heavy atom. The van der Waals surface area contributed by atoms with Crippen molar-refractivity contribution in [1.82, 2.24) is 10.2 Å². The van der Waals surface area contributed by atoms with Crippen molar-refractivity contribution in [3.8, 4) is 0 Å². The van der Waals surface area contributed by atoms with Crippen LogP contribution in [0.1, 0.15) is 44.6 Å². The van der Waals surface area contributed by atoms with E-state index in [4.69, 9.17) is 0 Å². The molecule has 1 heterocycles. The summed E-state index contributed by atoms with van der Waals surface area (Å²) in [6.45, 7) is 5.22. The number of halogens is 3. The summed E-state index contributed by atoms with van der Waals surface area (Å²) >= 11 is 0. The zero-order valence-electron chi connectivity index (χ0n) is 16.5. The molecule has 1 aliphatic heterocycles. The summed E-state index contributed by atoms with van der Waals surface area (Å²) in [4.78, 5) is 16.6. The van der Waals surface area contributed by atoms with Gasteiger partial charge < -0.3 is 10.2 Å². The summed E-state index contributed by atoms with van der Waals surface area (Å²) in [7, 11) is 0. The number of amides is 1. The molecular weight excluding hydrogens is 367 g/mol. The van der Waals surface area contributed by atoms with Crippen LogP contribution in [0.3, 0.4) is 0 Å². The summed E-state index contributed by atoms with van der Waals surface area (Å²) in [5.41, 5.74) is -0.0354.